The number of carbonyl (C=O) groups excluding carboxylic acids is 2. The lowest BCUT2D eigenvalue weighted by Crippen LogP contribution is -2.15. The first-order valence-corrected chi connectivity index (χ1v) is 8.95. The van der Waals surface area contributed by atoms with Crippen LogP contribution in [0.2, 0.25) is 0 Å². The molecule has 2 aromatic carbocycles. The Labute approximate surface area is 166 Å². The van der Waals surface area contributed by atoms with Gasteiger partial charge in [0.25, 0.3) is 0 Å². The van der Waals surface area contributed by atoms with Crippen LogP contribution in [0.3, 0.4) is 0 Å². The normalized spacial score (nSPS) is 10.3. The number of aromatic nitrogens is 2. The van der Waals surface area contributed by atoms with Crippen LogP contribution in [-0.2, 0) is 16.0 Å². The zero-order valence-electron chi connectivity index (χ0n) is 15.7. The fourth-order valence-corrected chi connectivity index (χ4v) is 2.49. The molecule has 29 heavy (non-hydrogen) atoms. The van der Waals surface area contributed by atoms with Gasteiger partial charge in [0.15, 0.2) is 11.6 Å². The van der Waals surface area contributed by atoms with Crippen LogP contribution in [0.1, 0.15) is 22.8 Å². The number of carbonyl (C=O) groups is 2. The number of nitrogens with one attached hydrogen (secondary N) is 2. The predicted octanol–water partition coefficient (Wildman–Crippen LogP) is 3.72. The van der Waals surface area contributed by atoms with Crippen molar-refractivity contribution < 1.29 is 18.7 Å². The van der Waals surface area contributed by atoms with E-state index in [2.05, 4.69) is 20.8 Å². The van der Waals surface area contributed by atoms with E-state index in [1.807, 2.05) is 0 Å². The molecule has 0 atom stereocenters. The van der Waals surface area contributed by atoms with Gasteiger partial charge in [-0.05, 0) is 61.0 Å². The summed E-state index contributed by atoms with van der Waals surface area (Å²) >= 11 is 0. The summed E-state index contributed by atoms with van der Waals surface area (Å²) in [5.41, 5.74) is 1.88. The van der Waals surface area contributed by atoms with Crippen molar-refractivity contribution in [3.8, 4) is 0 Å². The fourth-order valence-electron chi connectivity index (χ4n) is 2.49. The predicted molar refractivity (Wildman–Crippen MR) is 106 cm³/mol. The summed E-state index contributed by atoms with van der Waals surface area (Å²) in [7, 11) is 0. The zero-order valence-corrected chi connectivity index (χ0v) is 15.7. The molecule has 148 valence electrons. The third kappa shape index (κ3) is 5.83. The van der Waals surface area contributed by atoms with Crippen LogP contribution in [0.25, 0.3) is 0 Å². The molecular weight excluding hydrogens is 375 g/mol. The highest BCUT2D eigenvalue weighted by Gasteiger charge is 2.08. The van der Waals surface area contributed by atoms with Gasteiger partial charge in [-0.3, -0.25) is 4.79 Å². The molecule has 0 bridgehead atoms. The number of esters is 1. The van der Waals surface area contributed by atoms with E-state index in [0.717, 1.165) is 5.69 Å². The maximum atomic E-state index is 12.9. The summed E-state index contributed by atoms with van der Waals surface area (Å²) < 4.78 is 17.8. The number of halogens is 1. The van der Waals surface area contributed by atoms with Crippen molar-refractivity contribution in [1.82, 2.24) is 10.2 Å². The SMILES string of the molecule is CCOC(=O)c1ccc(Nc2ccc(NC(=O)Cc3ccc(F)cc3)nn2)cc1. The van der Waals surface area contributed by atoms with Crippen LogP contribution in [-0.4, -0.2) is 28.7 Å². The molecule has 0 spiro atoms. The average molecular weight is 394 g/mol. The summed E-state index contributed by atoms with van der Waals surface area (Å²) in [6, 6.07) is 15.8. The summed E-state index contributed by atoms with van der Waals surface area (Å²) in [6.07, 6.45) is 0.106. The third-order valence-electron chi connectivity index (χ3n) is 3.88. The monoisotopic (exact) mass is 394 g/mol. The lowest BCUT2D eigenvalue weighted by atomic mass is 10.1. The Kier molecular flexibility index (Phi) is 6.47. The van der Waals surface area contributed by atoms with E-state index < -0.39 is 0 Å². The molecule has 0 aliphatic rings. The van der Waals surface area contributed by atoms with Gasteiger partial charge in [0.1, 0.15) is 5.82 Å². The number of ether oxygens (including phenoxy) is 1. The van der Waals surface area contributed by atoms with Crippen LogP contribution < -0.4 is 10.6 Å². The molecule has 2 N–H and O–H groups in total. The maximum absolute atomic E-state index is 12.9. The minimum atomic E-state index is -0.375. The lowest BCUT2D eigenvalue weighted by Gasteiger charge is -2.08. The molecule has 1 amide bonds. The largest absolute Gasteiger partial charge is 0.462 e. The highest BCUT2D eigenvalue weighted by atomic mass is 19.1. The fraction of sp³-hybridized carbons (Fsp3) is 0.143. The van der Waals surface area contributed by atoms with Crippen molar-refractivity contribution in [3.05, 3.63) is 77.6 Å². The first-order valence-electron chi connectivity index (χ1n) is 8.95. The van der Waals surface area contributed by atoms with Gasteiger partial charge in [0, 0.05) is 5.69 Å². The summed E-state index contributed by atoms with van der Waals surface area (Å²) in [5, 5.41) is 13.7. The smallest absolute Gasteiger partial charge is 0.338 e. The molecule has 0 saturated carbocycles. The van der Waals surface area contributed by atoms with E-state index in [9.17, 15) is 14.0 Å². The summed E-state index contributed by atoms with van der Waals surface area (Å²) in [6.45, 7) is 2.07. The van der Waals surface area contributed by atoms with E-state index in [0.29, 0.717) is 29.4 Å². The molecule has 1 heterocycles. The van der Waals surface area contributed by atoms with Gasteiger partial charge in [0.05, 0.1) is 18.6 Å². The van der Waals surface area contributed by atoms with Crippen molar-refractivity contribution in [1.29, 1.82) is 0 Å². The van der Waals surface area contributed by atoms with Crippen LogP contribution in [0.15, 0.2) is 60.7 Å². The van der Waals surface area contributed by atoms with Gasteiger partial charge in [-0.25, -0.2) is 9.18 Å². The lowest BCUT2D eigenvalue weighted by molar-refractivity contribution is -0.115. The molecular formula is C21H19FN4O3. The minimum Gasteiger partial charge on any atom is -0.462 e. The topological polar surface area (TPSA) is 93.2 Å². The van der Waals surface area contributed by atoms with Gasteiger partial charge >= 0.3 is 5.97 Å². The second-order valence-corrected chi connectivity index (χ2v) is 6.08. The second kappa shape index (κ2) is 9.41. The molecule has 8 heteroatoms. The van der Waals surface area contributed by atoms with E-state index >= 15 is 0 Å². The Balaban J connectivity index is 1.55. The maximum Gasteiger partial charge on any atom is 0.338 e. The number of nitrogens with zero attached hydrogens (tertiary/aromatic N) is 2. The Bertz CT molecular complexity index is 974. The standard InChI is InChI=1S/C21H19FN4O3/c1-2-29-21(28)15-5-9-17(10-6-15)23-18-11-12-19(26-25-18)24-20(27)13-14-3-7-16(22)8-4-14/h3-12H,2,13H2,1H3,(H,23,25)(H,24,26,27). The molecule has 0 saturated heterocycles. The molecule has 0 unspecified atom stereocenters. The average Bonchev–Trinajstić information content (AvgIpc) is 2.72. The number of amides is 1. The van der Waals surface area contributed by atoms with E-state index in [4.69, 9.17) is 4.74 Å². The third-order valence-corrected chi connectivity index (χ3v) is 3.88. The summed E-state index contributed by atoms with van der Waals surface area (Å²) in [5.74, 6) is -0.217. The van der Waals surface area contributed by atoms with Gasteiger partial charge < -0.3 is 15.4 Å². The number of anilines is 3. The zero-order chi connectivity index (χ0) is 20.6. The van der Waals surface area contributed by atoms with Crippen LogP contribution in [0.4, 0.5) is 21.7 Å². The number of benzene rings is 2. The molecule has 0 radical (unpaired) electrons. The Morgan fingerprint density at radius 3 is 2.21 bits per heavy atom. The summed E-state index contributed by atoms with van der Waals surface area (Å²) in [4.78, 5) is 23.7. The molecule has 0 fully saturated rings. The van der Waals surface area contributed by atoms with E-state index in [1.54, 1.807) is 55.5 Å². The van der Waals surface area contributed by atoms with Crippen molar-refractivity contribution in [2.45, 2.75) is 13.3 Å². The molecule has 0 aliphatic heterocycles. The van der Waals surface area contributed by atoms with Crippen molar-refractivity contribution in [2.24, 2.45) is 0 Å². The number of rotatable bonds is 7. The van der Waals surface area contributed by atoms with Gasteiger partial charge in [-0.15, -0.1) is 10.2 Å². The van der Waals surface area contributed by atoms with Crippen molar-refractivity contribution in [3.63, 3.8) is 0 Å². The van der Waals surface area contributed by atoms with Crippen molar-refractivity contribution >= 4 is 29.2 Å². The molecule has 7 nitrogen and oxygen atoms in total. The second-order valence-electron chi connectivity index (χ2n) is 6.08. The molecule has 1 aromatic heterocycles. The van der Waals surface area contributed by atoms with Crippen molar-refractivity contribution in [2.75, 3.05) is 17.2 Å². The number of hydrogen-bond acceptors (Lipinski definition) is 6. The Hall–Kier alpha value is -3.81. The Morgan fingerprint density at radius 1 is 0.931 bits per heavy atom. The quantitative estimate of drug-likeness (QED) is 0.594. The first kappa shape index (κ1) is 19.9. The number of hydrogen-bond donors (Lipinski definition) is 2. The van der Waals surface area contributed by atoms with Crippen LogP contribution >= 0.6 is 0 Å². The first-order chi connectivity index (χ1) is 14.0. The van der Waals surface area contributed by atoms with Gasteiger partial charge in [-0.2, -0.15) is 0 Å². The minimum absolute atomic E-state index is 0.106. The van der Waals surface area contributed by atoms with Gasteiger partial charge in [0.2, 0.25) is 5.91 Å². The van der Waals surface area contributed by atoms with Crippen LogP contribution in [0.5, 0.6) is 0 Å². The van der Waals surface area contributed by atoms with E-state index in [-0.39, 0.29) is 24.1 Å². The van der Waals surface area contributed by atoms with Gasteiger partial charge in [-0.1, -0.05) is 12.1 Å². The molecule has 3 aromatic rings. The highest BCUT2D eigenvalue weighted by Crippen LogP contribution is 2.16. The molecule has 3 rings (SSSR count). The Morgan fingerprint density at radius 2 is 1.59 bits per heavy atom. The van der Waals surface area contributed by atoms with E-state index in [1.165, 1.54) is 12.1 Å². The molecule has 0 aliphatic carbocycles. The van der Waals surface area contributed by atoms with Crippen LogP contribution in [0, 0.1) is 5.82 Å². The highest BCUT2D eigenvalue weighted by molar-refractivity contribution is 5.91.